The molecule has 0 fully saturated rings. The molecule has 0 heterocycles. The second-order valence-electron chi connectivity index (χ2n) is 3.79. The van der Waals surface area contributed by atoms with Gasteiger partial charge in [0.2, 0.25) is 0 Å². The van der Waals surface area contributed by atoms with Crippen LogP contribution in [0, 0.1) is 11.6 Å². The highest BCUT2D eigenvalue weighted by molar-refractivity contribution is 5.27. The first-order valence-electron chi connectivity index (χ1n) is 4.25. The summed E-state index contributed by atoms with van der Waals surface area (Å²) in [5.41, 5.74) is -0.769. The Bertz CT molecular complexity index is 306. The molecule has 0 amide bonds. The van der Waals surface area contributed by atoms with E-state index in [2.05, 4.69) is 4.84 Å². The first kappa shape index (κ1) is 11.1. The first-order valence-corrected chi connectivity index (χ1v) is 4.25. The lowest BCUT2D eigenvalue weighted by Gasteiger charge is -2.24. The van der Waals surface area contributed by atoms with Gasteiger partial charge in [0.1, 0.15) is 11.6 Å². The van der Waals surface area contributed by atoms with Gasteiger partial charge in [-0.1, -0.05) is 19.9 Å². The summed E-state index contributed by atoms with van der Waals surface area (Å²) in [6.45, 7) is 3.40. The van der Waals surface area contributed by atoms with Crippen LogP contribution in [0.25, 0.3) is 0 Å². The molecule has 1 aromatic carbocycles. The number of nitrogens with two attached hydrogens (primary N) is 1. The van der Waals surface area contributed by atoms with Crippen molar-refractivity contribution in [2.75, 3.05) is 6.61 Å². The lowest BCUT2D eigenvalue weighted by Crippen LogP contribution is -2.28. The molecule has 1 aromatic rings. The van der Waals surface area contributed by atoms with E-state index in [1.54, 1.807) is 13.8 Å². The van der Waals surface area contributed by atoms with Gasteiger partial charge in [-0.05, 0) is 12.1 Å². The minimum absolute atomic E-state index is 0.00505. The molecule has 2 N–H and O–H groups in total. The van der Waals surface area contributed by atoms with E-state index >= 15 is 0 Å². The molecule has 0 atom stereocenters. The van der Waals surface area contributed by atoms with E-state index in [9.17, 15) is 8.78 Å². The monoisotopic (exact) mass is 201 g/mol. The van der Waals surface area contributed by atoms with Crippen LogP contribution in [-0.4, -0.2) is 6.61 Å². The summed E-state index contributed by atoms with van der Waals surface area (Å²) in [5, 5.41) is 0. The van der Waals surface area contributed by atoms with Gasteiger partial charge in [0, 0.05) is 11.0 Å². The van der Waals surface area contributed by atoms with Gasteiger partial charge >= 0.3 is 0 Å². The van der Waals surface area contributed by atoms with Crippen LogP contribution >= 0.6 is 0 Å². The second-order valence-corrected chi connectivity index (χ2v) is 3.79. The largest absolute Gasteiger partial charge is 0.304 e. The maximum absolute atomic E-state index is 13.3. The Morgan fingerprint density at radius 2 is 1.79 bits per heavy atom. The van der Waals surface area contributed by atoms with Gasteiger partial charge in [0.05, 0.1) is 6.61 Å². The smallest absolute Gasteiger partial charge is 0.129 e. The Balaban J connectivity index is 3.17. The van der Waals surface area contributed by atoms with E-state index < -0.39 is 17.0 Å². The van der Waals surface area contributed by atoms with E-state index in [4.69, 9.17) is 5.90 Å². The van der Waals surface area contributed by atoms with E-state index in [1.807, 2.05) is 0 Å². The standard InChI is InChI=1S/C10H13F2NO/c1-10(2,6-14-13)9-7(11)4-3-5-8(9)12/h3-5H,6,13H2,1-2H3. The molecule has 0 saturated heterocycles. The minimum Gasteiger partial charge on any atom is -0.304 e. The fourth-order valence-corrected chi connectivity index (χ4v) is 1.42. The number of rotatable bonds is 3. The number of halogens is 2. The second kappa shape index (κ2) is 4.02. The molecule has 0 bridgehead atoms. The van der Waals surface area contributed by atoms with Crippen molar-refractivity contribution < 1.29 is 13.6 Å². The lowest BCUT2D eigenvalue weighted by atomic mass is 9.85. The topological polar surface area (TPSA) is 35.2 Å². The van der Waals surface area contributed by atoms with Crippen LogP contribution in [0.3, 0.4) is 0 Å². The van der Waals surface area contributed by atoms with Crippen molar-refractivity contribution in [1.82, 2.24) is 0 Å². The maximum Gasteiger partial charge on any atom is 0.129 e. The van der Waals surface area contributed by atoms with Crippen LogP contribution in [0.5, 0.6) is 0 Å². The van der Waals surface area contributed by atoms with Gasteiger partial charge in [-0.25, -0.2) is 14.7 Å². The third-order valence-corrected chi connectivity index (χ3v) is 2.08. The van der Waals surface area contributed by atoms with Crippen molar-refractivity contribution in [3.05, 3.63) is 35.4 Å². The molecule has 78 valence electrons. The summed E-state index contributed by atoms with van der Waals surface area (Å²) in [5.74, 6) is 3.75. The molecular formula is C10H13F2NO. The van der Waals surface area contributed by atoms with Crippen molar-refractivity contribution in [3.63, 3.8) is 0 Å². The van der Waals surface area contributed by atoms with Crippen molar-refractivity contribution in [2.24, 2.45) is 5.90 Å². The molecule has 1 rings (SSSR count). The summed E-state index contributed by atoms with van der Waals surface area (Å²) in [4.78, 5) is 4.44. The van der Waals surface area contributed by atoms with Crippen LogP contribution in [0.2, 0.25) is 0 Å². The van der Waals surface area contributed by atoms with Crippen molar-refractivity contribution in [3.8, 4) is 0 Å². The summed E-state index contributed by atoms with van der Waals surface area (Å²) < 4.78 is 26.7. The van der Waals surface area contributed by atoms with Gasteiger partial charge in [0.15, 0.2) is 0 Å². The van der Waals surface area contributed by atoms with E-state index in [-0.39, 0.29) is 12.2 Å². The molecule has 0 unspecified atom stereocenters. The Labute approximate surface area is 81.6 Å². The van der Waals surface area contributed by atoms with Gasteiger partial charge in [-0.15, -0.1) is 0 Å². The highest BCUT2D eigenvalue weighted by atomic mass is 19.1. The normalized spacial score (nSPS) is 11.8. The zero-order valence-corrected chi connectivity index (χ0v) is 8.18. The first-order chi connectivity index (χ1) is 6.49. The number of hydrogen-bond donors (Lipinski definition) is 1. The molecule has 0 radical (unpaired) electrons. The summed E-state index contributed by atoms with van der Waals surface area (Å²) in [6, 6.07) is 3.76. The number of benzene rings is 1. The van der Waals surface area contributed by atoms with Crippen molar-refractivity contribution in [1.29, 1.82) is 0 Å². The molecule has 0 spiro atoms. The van der Waals surface area contributed by atoms with Crippen molar-refractivity contribution >= 4 is 0 Å². The summed E-state index contributed by atoms with van der Waals surface area (Å²) in [6.07, 6.45) is 0. The fourth-order valence-electron chi connectivity index (χ4n) is 1.42. The highest BCUT2D eigenvalue weighted by Crippen LogP contribution is 2.28. The van der Waals surface area contributed by atoms with E-state index in [0.717, 1.165) is 0 Å². The molecule has 2 nitrogen and oxygen atoms in total. The predicted octanol–water partition coefficient (Wildman–Crippen LogP) is 2.13. The Hall–Kier alpha value is -1.00. The minimum atomic E-state index is -0.774. The Morgan fingerprint density at radius 3 is 2.21 bits per heavy atom. The SMILES string of the molecule is CC(C)(CON)c1c(F)cccc1F. The van der Waals surface area contributed by atoms with E-state index in [1.165, 1.54) is 18.2 Å². The molecule has 0 aliphatic heterocycles. The molecule has 0 aliphatic rings. The van der Waals surface area contributed by atoms with Crippen LogP contribution in [0.15, 0.2) is 18.2 Å². The van der Waals surface area contributed by atoms with E-state index in [0.29, 0.717) is 0 Å². The van der Waals surface area contributed by atoms with Gasteiger partial charge in [-0.3, -0.25) is 0 Å². The van der Waals surface area contributed by atoms with Gasteiger partial charge in [0.25, 0.3) is 0 Å². The molecule has 0 saturated carbocycles. The third-order valence-electron chi connectivity index (χ3n) is 2.08. The molecule has 4 heteroatoms. The Morgan fingerprint density at radius 1 is 1.29 bits per heavy atom. The average Bonchev–Trinajstić information content (AvgIpc) is 2.02. The maximum atomic E-state index is 13.3. The molecule has 14 heavy (non-hydrogen) atoms. The fraction of sp³-hybridized carbons (Fsp3) is 0.400. The quantitative estimate of drug-likeness (QED) is 0.760. The van der Waals surface area contributed by atoms with Gasteiger partial charge < -0.3 is 4.84 Å². The highest BCUT2D eigenvalue weighted by Gasteiger charge is 2.27. The Kier molecular flexibility index (Phi) is 3.18. The van der Waals surface area contributed by atoms with Gasteiger partial charge in [-0.2, -0.15) is 0 Å². The van der Waals surface area contributed by atoms with Crippen LogP contribution in [0.4, 0.5) is 8.78 Å². The average molecular weight is 201 g/mol. The molecular weight excluding hydrogens is 188 g/mol. The van der Waals surface area contributed by atoms with Crippen LogP contribution in [0.1, 0.15) is 19.4 Å². The van der Waals surface area contributed by atoms with Crippen molar-refractivity contribution in [2.45, 2.75) is 19.3 Å². The lowest BCUT2D eigenvalue weighted by molar-refractivity contribution is 0.0936. The molecule has 0 aromatic heterocycles. The zero-order chi connectivity index (χ0) is 10.8. The summed E-state index contributed by atoms with van der Waals surface area (Å²) >= 11 is 0. The predicted molar refractivity (Wildman–Crippen MR) is 49.5 cm³/mol. The van der Waals surface area contributed by atoms with Crippen LogP contribution in [-0.2, 0) is 10.3 Å². The summed E-state index contributed by atoms with van der Waals surface area (Å²) in [7, 11) is 0. The zero-order valence-electron chi connectivity index (χ0n) is 8.18. The number of hydrogen-bond acceptors (Lipinski definition) is 2. The third kappa shape index (κ3) is 2.08. The molecule has 0 aliphatic carbocycles. The van der Waals surface area contributed by atoms with Crippen LogP contribution < -0.4 is 5.90 Å².